The maximum Gasteiger partial charge on any atom is 0.321 e. The molecule has 4 aliphatic rings. The molecule has 0 aromatic rings. The number of carbonyl (C=O) groups is 1. The molecule has 0 saturated heterocycles. The van der Waals surface area contributed by atoms with E-state index in [0.717, 1.165) is 36.5 Å². The van der Waals surface area contributed by atoms with E-state index < -0.39 is 0 Å². The second kappa shape index (κ2) is 10.4. The minimum absolute atomic E-state index is 0.0301. The van der Waals surface area contributed by atoms with Crippen molar-refractivity contribution in [1.82, 2.24) is 0 Å². The van der Waals surface area contributed by atoms with E-state index in [-0.39, 0.29) is 18.0 Å². The summed E-state index contributed by atoms with van der Waals surface area (Å²) in [4.78, 5) is 11.7. The molecular weight excluding hydrogens is 416 g/mol. The first-order chi connectivity index (χ1) is 15.4. The lowest BCUT2D eigenvalue weighted by molar-refractivity contribution is -0.148. The quantitative estimate of drug-likeness (QED) is 0.148. The normalized spacial score (nSPS) is 40.8. The van der Waals surface area contributed by atoms with Crippen molar-refractivity contribution in [1.29, 1.82) is 0 Å². The van der Waals surface area contributed by atoms with E-state index in [4.69, 9.17) is 16.3 Å². The third kappa shape index (κ3) is 4.69. The molecule has 0 bridgehead atoms. The van der Waals surface area contributed by atoms with Gasteiger partial charge in [0.15, 0.2) is 0 Å². The number of carbonyl (C=O) groups excluding carboxylic acids is 1. The zero-order valence-corrected chi connectivity index (χ0v) is 21.7. The van der Waals surface area contributed by atoms with E-state index in [1.807, 2.05) is 0 Å². The molecule has 4 aliphatic carbocycles. The van der Waals surface area contributed by atoms with Gasteiger partial charge in [-0.2, -0.15) is 0 Å². The number of allylic oxidation sites excluding steroid dienone is 1. The summed E-state index contributed by atoms with van der Waals surface area (Å²) in [6, 6.07) is 0. The lowest BCUT2D eigenvalue weighted by Gasteiger charge is -2.58. The van der Waals surface area contributed by atoms with Crippen molar-refractivity contribution >= 4 is 17.6 Å². The van der Waals surface area contributed by atoms with E-state index in [1.54, 1.807) is 5.57 Å². The number of ether oxygens (including phenoxy) is 1. The number of unbranched alkanes of at least 4 members (excludes halogenated alkanes) is 5. The largest absolute Gasteiger partial charge is 0.461 e. The SMILES string of the molecule is CCCCCCCCC1CCC2C3CC=C4CC(OC(=O)CCl)CCC4(C)C3CCC12C. The van der Waals surface area contributed by atoms with Crippen LogP contribution in [-0.2, 0) is 9.53 Å². The van der Waals surface area contributed by atoms with E-state index in [1.165, 1.54) is 83.5 Å². The van der Waals surface area contributed by atoms with Gasteiger partial charge in [-0.3, -0.25) is 4.79 Å². The summed E-state index contributed by atoms with van der Waals surface area (Å²) in [5.41, 5.74) is 2.49. The summed E-state index contributed by atoms with van der Waals surface area (Å²) in [7, 11) is 0. The van der Waals surface area contributed by atoms with Crippen LogP contribution >= 0.6 is 11.6 Å². The first-order valence-electron chi connectivity index (χ1n) is 13.9. The number of fused-ring (bicyclic) bond motifs is 5. The van der Waals surface area contributed by atoms with Crippen LogP contribution in [0.15, 0.2) is 11.6 Å². The van der Waals surface area contributed by atoms with Crippen molar-refractivity contribution in [3.63, 3.8) is 0 Å². The first-order valence-corrected chi connectivity index (χ1v) is 14.4. The molecule has 2 nitrogen and oxygen atoms in total. The molecule has 7 unspecified atom stereocenters. The number of hydrogen-bond donors (Lipinski definition) is 0. The number of hydrogen-bond acceptors (Lipinski definition) is 2. The molecule has 3 saturated carbocycles. The van der Waals surface area contributed by atoms with Crippen LogP contribution in [0.4, 0.5) is 0 Å². The van der Waals surface area contributed by atoms with Gasteiger partial charge in [0.1, 0.15) is 12.0 Å². The second-order valence-electron chi connectivity index (χ2n) is 12.1. The summed E-state index contributed by atoms with van der Waals surface area (Å²) in [6.45, 7) is 7.52. The lowest BCUT2D eigenvalue weighted by Crippen LogP contribution is -2.50. The fourth-order valence-corrected chi connectivity index (χ4v) is 8.76. The van der Waals surface area contributed by atoms with Gasteiger partial charge in [-0.15, -0.1) is 11.6 Å². The smallest absolute Gasteiger partial charge is 0.321 e. The Hall–Kier alpha value is -0.500. The van der Waals surface area contributed by atoms with E-state index >= 15 is 0 Å². The fraction of sp³-hybridized carbons (Fsp3) is 0.897. The topological polar surface area (TPSA) is 26.3 Å². The van der Waals surface area contributed by atoms with Crippen molar-refractivity contribution in [2.45, 2.75) is 123 Å². The Kier molecular flexibility index (Phi) is 8.01. The van der Waals surface area contributed by atoms with Crippen molar-refractivity contribution in [2.24, 2.45) is 34.5 Å². The van der Waals surface area contributed by atoms with Crippen molar-refractivity contribution in [2.75, 3.05) is 5.88 Å². The van der Waals surface area contributed by atoms with Gasteiger partial charge in [0.25, 0.3) is 0 Å². The van der Waals surface area contributed by atoms with Gasteiger partial charge in [-0.25, -0.2) is 0 Å². The highest BCUT2D eigenvalue weighted by Gasteiger charge is 2.58. The van der Waals surface area contributed by atoms with Crippen LogP contribution < -0.4 is 0 Å². The van der Waals surface area contributed by atoms with E-state index in [9.17, 15) is 4.79 Å². The molecule has 0 spiro atoms. The summed E-state index contributed by atoms with van der Waals surface area (Å²) in [5.74, 6) is 3.30. The maximum atomic E-state index is 11.7. The van der Waals surface area contributed by atoms with Gasteiger partial charge in [-0.05, 0) is 85.9 Å². The Balaban J connectivity index is 1.38. The van der Waals surface area contributed by atoms with Crippen LogP contribution in [0.3, 0.4) is 0 Å². The minimum Gasteiger partial charge on any atom is -0.461 e. The predicted molar refractivity (Wildman–Crippen MR) is 134 cm³/mol. The molecule has 0 aliphatic heterocycles. The van der Waals surface area contributed by atoms with Gasteiger partial charge in [-0.1, -0.05) is 70.9 Å². The average molecular weight is 463 g/mol. The zero-order valence-electron chi connectivity index (χ0n) is 21.0. The van der Waals surface area contributed by atoms with E-state index in [2.05, 4.69) is 26.8 Å². The molecule has 0 radical (unpaired) electrons. The van der Waals surface area contributed by atoms with Crippen molar-refractivity contribution in [3.05, 3.63) is 11.6 Å². The third-order valence-electron chi connectivity index (χ3n) is 10.6. The minimum atomic E-state index is -0.259. The van der Waals surface area contributed by atoms with Gasteiger partial charge in [0.2, 0.25) is 0 Å². The molecule has 0 heterocycles. The fourth-order valence-electron chi connectivity index (χ4n) is 8.70. The number of alkyl halides is 1. The highest BCUT2D eigenvalue weighted by atomic mass is 35.5. The van der Waals surface area contributed by atoms with Gasteiger partial charge < -0.3 is 4.74 Å². The Morgan fingerprint density at radius 3 is 2.59 bits per heavy atom. The molecule has 3 heteroatoms. The Bertz CT molecular complexity index is 687. The number of esters is 1. The molecule has 4 rings (SSSR count). The van der Waals surface area contributed by atoms with Gasteiger partial charge in [0, 0.05) is 6.42 Å². The third-order valence-corrected chi connectivity index (χ3v) is 10.8. The molecule has 3 fully saturated rings. The molecule has 32 heavy (non-hydrogen) atoms. The molecule has 0 aromatic heterocycles. The highest BCUT2D eigenvalue weighted by Crippen LogP contribution is 2.66. The second-order valence-corrected chi connectivity index (χ2v) is 12.4. The van der Waals surface area contributed by atoms with Crippen LogP contribution in [0.5, 0.6) is 0 Å². The van der Waals surface area contributed by atoms with Crippen LogP contribution in [0.2, 0.25) is 0 Å². The lowest BCUT2D eigenvalue weighted by atomic mass is 9.47. The monoisotopic (exact) mass is 462 g/mol. The Morgan fingerprint density at radius 2 is 1.81 bits per heavy atom. The average Bonchev–Trinajstić information content (AvgIpc) is 3.12. The van der Waals surface area contributed by atoms with Crippen molar-refractivity contribution < 1.29 is 9.53 Å². The summed E-state index contributed by atoms with van der Waals surface area (Å²) < 4.78 is 5.63. The van der Waals surface area contributed by atoms with E-state index in [0.29, 0.717) is 10.8 Å². The summed E-state index contributed by atoms with van der Waals surface area (Å²) in [5, 5.41) is 0. The van der Waals surface area contributed by atoms with Crippen LogP contribution in [-0.4, -0.2) is 18.0 Å². The Labute approximate surface area is 202 Å². The van der Waals surface area contributed by atoms with Crippen LogP contribution in [0.1, 0.15) is 117 Å². The standard InChI is InChI=1S/C29H47ClO2/c1-4-5-6-7-8-9-10-21-12-14-25-24-13-11-22-19-23(32-27(31)20-30)15-17-29(22,3)26(24)16-18-28(21,25)2/h11,21,23-26H,4-10,12-20H2,1-3H3. The summed E-state index contributed by atoms with van der Waals surface area (Å²) >= 11 is 5.67. The molecule has 0 amide bonds. The zero-order chi connectivity index (χ0) is 22.8. The Morgan fingerprint density at radius 1 is 1.03 bits per heavy atom. The molecule has 182 valence electrons. The summed E-state index contributed by atoms with van der Waals surface area (Å²) in [6.07, 6.45) is 22.8. The molecule has 7 atom stereocenters. The number of halogens is 1. The molecule has 0 N–H and O–H groups in total. The molecular formula is C29H47ClO2. The van der Waals surface area contributed by atoms with Gasteiger partial charge >= 0.3 is 5.97 Å². The predicted octanol–water partition coefficient (Wildman–Crippen LogP) is 8.47. The number of rotatable bonds is 9. The van der Waals surface area contributed by atoms with Crippen LogP contribution in [0, 0.1) is 34.5 Å². The first kappa shape index (κ1) is 24.6. The molecule has 0 aromatic carbocycles. The van der Waals surface area contributed by atoms with Gasteiger partial charge in [0.05, 0.1) is 0 Å². The maximum absolute atomic E-state index is 11.7. The highest BCUT2D eigenvalue weighted by molar-refractivity contribution is 6.26. The van der Waals surface area contributed by atoms with Crippen molar-refractivity contribution in [3.8, 4) is 0 Å². The van der Waals surface area contributed by atoms with Crippen LogP contribution in [0.25, 0.3) is 0 Å².